The summed E-state index contributed by atoms with van der Waals surface area (Å²) in [4.78, 5) is 12.4. The summed E-state index contributed by atoms with van der Waals surface area (Å²) < 4.78 is 20.2. The number of rotatable bonds is 26. The molecular formula is C31H61FO2. The van der Waals surface area contributed by atoms with Crippen molar-refractivity contribution >= 4 is 5.97 Å². The Kier molecular flexibility index (Phi) is 25.0. The van der Waals surface area contributed by atoms with Crippen LogP contribution in [0.3, 0.4) is 0 Å². The SMILES string of the molecule is CCCCCCCCCC(CC)CCCCC(F)C(=O)OC(CCCCCC)CCCCCC. The number of carbonyl (C=O) groups excluding carboxylic acids is 1. The summed E-state index contributed by atoms with van der Waals surface area (Å²) >= 11 is 0. The van der Waals surface area contributed by atoms with Gasteiger partial charge >= 0.3 is 5.97 Å². The minimum absolute atomic E-state index is 0.0918. The first-order chi connectivity index (χ1) is 16.6. The van der Waals surface area contributed by atoms with E-state index in [1.165, 1.54) is 103 Å². The molecule has 0 spiro atoms. The number of unbranched alkanes of at least 4 members (excludes halogenated alkanes) is 13. The maximum absolute atomic E-state index is 14.6. The van der Waals surface area contributed by atoms with Gasteiger partial charge in [-0.05, 0) is 44.4 Å². The quantitative estimate of drug-likeness (QED) is 0.0901. The van der Waals surface area contributed by atoms with Crippen LogP contribution in [0.1, 0.15) is 175 Å². The van der Waals surface area contributed by atoms with Crippen LogP contribution in [-0.4, -0.2) is 18.2 Å². The summed E-state index contributed by atoms with van der Waals surface area (Å²) in [5, 5.41) is 0. The van der Waals surface area contributed by atoms with Gasteiger partial charge in [0.1, 0.15) is 6.10 Å². The molecule has 0 amide bonds. The summed E-state index contributed by atoms with van der Waals surface area (Å²) in [6.07, 6.45) is 25.0. The fourth-order valence-corrected chi connectivity index (χ4v) is 4.91. The lowest BCUT2D eigenvalue weighted by Gasteiger charge is -2.19. The van der Waals surface area contributed by atoms with Crippen molar-refractivity contribution in [3.63, 3.8) is 0 Å². The van der Waals surface area contributed by atoms with Crippen molar-refractivity contribution in [1.29, 1.82) is 0 Å². The summed E-state index contributed by atoms with van der Waals surface area (Å²) in [5.41, 5.74) is 0. The molecule has 0 rings (SSSR count). The predicted molar refractivity (Wildman–Crippen MR) is 147 cm³/mol. The van der Waals surface area contributed by atoms with Gasteiger partial charge in [-0.3, -0.25) is 0 Å². The van der Waals surface area contributed by atoms with E-state index in [0.29, 0.717) is 6.42 Å². The molecule has 204 valence electrons. The van der Waals surface area contributed by atoms with E-state index >= 15 is 0 Å². The highest BCUT2D eigenvalue weighted by atomic mass is 19.1. The van der Waals surface area contributed by atoms with Crippen LogP contribution in [0.2, 0.25) is 0 Å². The Balaban J connectivity index is 4.10. The molecule has 0 heterocycles. The van der Waals surface area contributed by atoms with E-state index in [9.17, 15) is 9.18 Å². The molecule has 0 N–H and O–H groups in total. The Hall–Kier alpha value is -0.600. The highest BCUT2D eigenvalue weighted by Crippen LogP contribution is 2.23. The monoisotopic (exact) mass is 484 g/mol. The highest BCUT2D eigenvalue weighted by molar-refractivity contribution is 5.74. The molecule has 0 saturated carbocycles. The van der Waals surface area contributed by atoms with Crippen molar-refractivity contribution in [3.8, 4) is 0 Å². The summed E-state index contributed by atoms with van der Waals surface area (Å²) in [5.74, 6) is 0.155. The second-order valence-electron chi connectivity index (χ2n) is 10.7. The first kappa shape index (κ1) is 33.4. The second kappa shape index (κ2) is 25.5. The molecule has 2 unspecified atom stereocenters. The van der Waals surface area contributed by atoms with Crippen LogP contribution < -0.4 is 0 Å². The second-order valence-corrected chi connectivity index (χ2v) is 10.7. The average Bonchev–Trinajstić information content (AvgIpc) is 2.84. The van der Waals surface area contributed by atoms with E-state index in [2.05, 4.69) is 27.7 Å². The largest absolute Gasteiger partial charge is 0.460 e. The molecule has 2 nitrogen and oxygen atoms in total. The van der Waals surface area contributed by atoms with Gasteiger partial charge in [-0.2, -0.15) is 0 Å². The third-order valence-corrected chi connectivity index (χ3v) is 7.41. The van der Waals surface area contributed by atoms with E-state index in [1.807, 2.05) is 0 Å². The lowest BCUT2D eigenvalue weighted by Crippen LogP contribution is -2.25. The Labute approximate surface area is 213 Å². The third kappa shape index (κ3) is 20.7. The van der Waals surface area contributed by atoms with Gasteiger partial charge in [-0.15, -0.1) is 0 Å². The number of halogens is 1. The molecule has 0 aromatic carbocycles. The topological polar surface area (TPSA) is 26.3 Å². The molecule has 0 aliphatic carbocycles. The molecule has 34 heavy (non-hydrogen) atoms. The lowest BCUT2D eigenvalue weighted by atomic mass is 9.92. The molecule has 3 heteroatoms. The highest BCUT2D eigenvalue weighted by Gasteiger charge is 2.22. The van der Waals surface area contributed by atoms with Gasteiger partial charge in [-0.1, -0.05) is 137 Å². The predicted octanol–water partition coefficient (Wildman–Crippen LogP) is 10.9. The summed E-state index contributed by atoms with van der Waals surface area (Å²) in [7, 11) is 0. The van der Waals surface area contributed by atoms with E-state index in [4.69, 9.17) is 4.74 Å². The van der Waals surface area contributed by atoms with Crippen LogP contribution in [0.4, 0.5) is 4.39 Å². The molecular weight excluding hydrogens is 423 g/mol. The number of alkyl halides is 1. The molecule has 0 saturated heterocycles. The first-order valence-corrected chi connectivity index (χ1v) is 15.4. The maximum Gasteiger partial charge on any atom is 0.340 e. The van der Waals surface area contributed by atoms with Crippen molar-refractivity contribution in [1.82, 2.24) is 0 Å². The van der Waals surface area contributed by atoms with E-state index in [0.717, 1.165) is 44.4 Å². The van der Waals surface area contributed by atoms with Gasteiger partial charge in [0, 0.05) is 0 Å². The minimum Gasteiger partial charge on any atom is -0.460 e. The van der Waals surface area contributed by atoms with Crippen molar-refractivity contribution in [3.05, 3.63) is 0 Å². The molecule has 0 aromatic rings. The minimum atomic E-state index is -1.45. The number of hydrogen-bond acceptors (Lipinski definition) is 2. The molecule has 0 radical (unpaired) electrons. The fraction of sp³-hybridized carbons (Fsp3) is 0.968. The summed E-state index contributed by atoms with van der Waals surface area (Å²) in [6, 6.07) is 0. The zero-order chi connectivity index (χ0) is 25.3. The van der Waals surface area contributed by atoms with Crippen molar-refractivity contribution in [2.45, 2.75) is 188 Å². The van der Waals surface area contributed by atoms with Crippen LogP contribution in [0.5, 0.6) is 0 Å². The molecule has 0 aromatic heterocycles. The van der Waals surface area contributed by atoms with Gasteiger partial charge in [0.25, 0.3) is 0 Å². The fourth-order valence-electron chi connectivity index (χ4n) is 4.91. The first-order valence-electron chi connectivity index (χ1n) is 15.4. The van der Waals surface area contributed by atoms with E-state index in [1.54, 1.807) is 0 Å². The molecule has 0 fully saturated rings. The van der Waals surface area contributed by atoms with Gasteiger partial charge < -0.3 is 4.74 Å². The number of ether oxygens (including phenoxy) is 1. The van der Waals surface area contributed by atoms with Crippen molar-refractivity contribution in [2.75, 3.05) is 0 Å². The van der Waals surface area contributed by atoms with Crippen LogP contribution >= 0.6 is 0 Å². The molecule has 0 aliphatic rings. The molecule has 2 atom stereocenters. The van der Waals surface area contributed by atoms with Crippen LogP contribution in [0.25, 0.3) is 0 Å². The van der Waals surface area contributed by atoms with Gasteiger partial charge in [0.05, 0.1) is 0 Å². The lowest BCUT2D eigenvalue weighted by molar-refractivity contribution is -0.156. The number of esters is 1. The van der Waals surface area contributed by atoms with E-state index < -0.39 is 12.1 Å². The normalized spacial score (nSPS) is 13.4. The van der Waals surface area contributed by atoms with E-state index in [-0.39, 0.29) is 6.10 Å². The van der Waals surface area contributed by atoms with Gasteiger partial charge in [-0.25, -0.2) is 9.18 Å². The Morgan fingerprint density at radius 2 is 0.941 bits per heavy atom. The Bertz CT molecular complexity index is 414. The van der Waals surface area contributed by atoms with Gasteiger partial charge in [0.15, 0.2) is 6.17 Å². The van der Waals surface area contributed by atoms with Crippen molar-refractivity contribution in [2.24, 2.45) is 5.92 Å². The van der Waals surface area contributed by atoms with Crippen LogP contribution in [0.15, 0.2) is 0 Å². The van der Waals surface area contributed by atoms with Crippen LogP contribution in [-0.2, 0) is 9.53 Å². The van der Waals surface area contributed by atoms with Crippen LogP contribution in [0, 0.1) is 5.92 Å². The Morgan fingerprint density at radius 1 is 0.559 bits per heavy atom. The standard InChI is InChI=1S/C31H61FO2/c1-5-9-12-15-16-17-18-23-28(8-4)24-21-22-27-30(32)31(33)34-29(25-19-13-10-6-2)26-20-14-11-7-3/h28-30H,5-27H2,1-4H3. The molecule has 0 bridgehead atoms. The zero-order valence-corrected chi connectivity index (χ0v) is 23.7. The van der Waals surface area contributed by atoms with Gasteiger partial charge in [0.2, 0.25) is 0 Å². The van der Waals surface area contributed by atoms with Crippen molar-refractivity contribution < 1.29 is 13.9 Å². The zero-order valence-electron chi connectivity index (χ0n) is 23.7. The maximum atomic E-state index is 14.6. The molecule has 0 aliphatic heterocycles. The smallest absolute Gasteiger partial charge is 0.340 e. The average molecular weight is 485 g/mol. The number of hydrogen-bond donors (Lipinski definition) is 0. The Morgan fingerprint density at radius 3 is 1.44 bits per heavy atom. The summed E-state index contributed by atoms with van der Waals surface area (Å²) in [6.45, 7) is 8.95. The third-order valence-electron chi connectivity index (χ3n) is 7.41. The number of carbonyl (C=O) groups is 1.